The summed E-state index contributed by atoms with van der Waals surface area (Å²) in [6, 6.07) is 16.2. The molecule has 3 rings (SSSR count). The molecule has 2 aromatic carbocycles. The van der Waals surface area contributed by atoms with Crippen LogP contribution in [0.3, 0.4) is 0 Å². The van der Waals surface area contributed by atoms with E-state index in [0.717, 1.165) is 5.56 Å². The van der Waals surface area contributed by atoms with E-state index < -0.39 is 12.1 Å². The molecular formula is C21H19ClN2O3. The zero-order valence-electron chi connectivity index (χ0n) is 15.0. The van der Waals surface area contributed by atoms with Gasteiger partial charge in [-0.15, -0.1) is 0 Å². The van der Waals surface area contributed by atoms with E-state index in [9.17, 15) is 9.59 Å². The van der Waals surface area contributed by atoms with Gasteiger partial charge >= 0.3 is 5.97 Å². The van der Waals surface area contributed by atoms with E-state index in [1.807, 2.05) is 36.4 Å². The fourth-order valence-corrected chi connectivity index (χ4v) is 2.98. The Hall–Kier alpha value is -2.92. The average Bonchev–Trinajstić information content (AvgIpc) is 2.67. The number of carbonyl (C=O) groups excluding carboxylic acids is 2. The van der Waals surface area contributed by atoms with Crippen molar-refractivity contribution in [2.24, 2.45) is 0 Å². The summed E-state index contributed by atoms with van der Waals surface area (Å²) < 4.78 is 5.37. The second-order valence-corrected chi connectivity index (χ2v) is 6.40. The quantitative estimate of drug-likeness (QED) is 0.670. The molecule has 0 bridgehead atoms. The first-order valence-corrected chi connectivity index (χ1v) is 9.02. The number of aromatic nitrogens is 1. The number of rotatable bonds is 5. The fraction of sp³-hybridized carbons (Fsp3) is 0.190. The van der Waals surface area contributed by atoms with Crippen LogP contribution in [0.1, 0.15) is 24.2 Å². The molecule has 138 valence electrons. The minimum Gasteiger partial charge on any atom is -0.449 e. The zero-order chi connectivity index (χ0) is 19.4. The molecule has 3 aromatic rings. The lowest BCUT2D eigenvalue weighted by molar-refractivity contribution is -0.128. The summed E-state index contributed by atoms with van der Waals surface area (Å²) in [5.74, 6) is -0.920. The number of halogens is 1. The highest BCUT2D eigenvalue weighted by molar-refractivity contribution is 6.33. The van der Waals surface area contributed by atoms with Crippen molar-refractivity contribution in [2.75, 3.05) is 6.54 Å². The number of nitrogens with one attached hydrogen (secondary N) is 1. The van der Waals surface area contributed by atoms with Gasteiger partial charge in [0.25, 0.3) is 5.91 Å². The van der Waals surface area contributed by atoms with Crippen LogP contribution >= 0.6 is 11.6 Å². The van der Waals surface area contributed by atoms with Gasteiger partial charge in [0.1, 0.15) is 0 Å². The molecule has 1 heterocycles. The molecule has 5 nitrogen and oxygen atoms in total. The predicted octanol–water partition coefficient (Wildman–Crippen LogP) is 4.24. The van der Waals surface area contributed by atoms with Crippen molar-refractivity contribution in [3.8, 4) is 11.3 Å². The highest BCUT2D eigenvalue weighted by Crippen LogP contribution is 2.30. The maximum atomic E-state index is 12.8. The van der Waals surface area contributed by atoms with E-state index >= 15 is 0 Å². The second-order valence-electron chi connectivity index (χ2n) is 5.99. The van der Waals surface area contributed by atoms with Crippen molar-refractivity contribution in [1.29, 1.82) is 0 Å². The smallest absolute Gasteiger partial charge is 0.339 e. The van der Waals surface area contributed by atoms with Crippen molar-refractivity contribution >= 4 is 34.4 Å². The van der Waals surface area contributed by atoms with Gasteiger partial charge in [-0.3, -0.25) is 4.79 Å². The number of carbonyl (C=O) groups is 2. The highest BCUT2D eigenvalue weighted by atomic mass is 35.5. The Bertz CT molecular complexity index is 1000. The van der Waals surface area contributed by atoms with Gasteiger partial charge < -0.3 is 10.1 Å². The molecular weight excluding hydrogens is 364 g/mol. The molecule has 6 heteroatoms. The molecule has 1 aromatic heterocycles. The molecule has 0 saturated heterocycles. The van der Waals surface area contributed by atoms with Crippen LogP contribution in [0.15, 0.2) is 54.6 Å². The Morgan fingerprint density at radius 2 is 1.85 bits per heavy atom. The van der Waals surface area contributed by atoms with Gasteiger partial charge in [-0.25, -0.2) is 9.78 Å². The van der Waals surface area contributed by atoms with Crippen LogP contribution in [0.25, 0.3) is 22.2 Å². The van der Waals surface area contributed by atoms with Crippen molar-refractivity contribution in [3.63, 3.8) is 0 Å². The minimum absolute atomic E-state index is 0.337. The molecule has 0 aliphatic heterocycles. The lowest BCUT2D eigenvalue weighted by Crippen LogP contribution is -2.35. The number of ether oxygens (including phenoxy) is 1. The van der Waals surface area contributed by atoms with Gasteiger partial charge in [0.05, 0.1) is 16.8 Å². The van der Waals surface area contributed by atoms with Gasteiger partial charge in [0, 0.05) is 22.5 Å². The molecule has 1 N–H and O–H groups in total. The third kappa shape index (κ3) is 4.09. The molecule has 0 radical (unpaired) electrons. The highest BCUT2D eigenvalue weighted by Gasteiger charge is 2.21. The molecule has 0 saturated carbocycles. The summed E-state index contributed by atoms with van der Waals surface area (Å²) in [5, 5.41) is 3.83. The van der Waals surface area contributed by atoms with E-state index in [-0.39, 0.29) is 5.91 Å². The summed E-state index contributed by atoms with van der Waals surface area (Å²) in [7, 11) is 0. The molecule has 0 aliphatic carbocycles. The lowest BCUT2D eigenvalue weighted by atomic mass is 10.0. The number of amides is 1. The maximum absolute atomic E-state index is 12.8. The van der Waals surface area contributed by atoms with Crippen LogP contribution in [0, 0.1) is 0 Å². The second kappa shape index (κ2) is 8.18. The zero-order valence-corrected chi connectivity index (χ0v) is 15.8. The molecule has 1 atom stereocenters. The van der Waals surface area contributed by atoms with Crippen LogP contribution in [0.2, 0.25) is 5.02 Å². The topological polar surface area (TPSA) is 68.3 Å². The first-order chi connectivity index (χ1) is 13.0. The number of para-hydroxylation sites is 1. The number of fused-ring (bicyclic) bond motifs is 1. The number of esters is 1. The van der Waals surface area contributed by atoms with Crippen LogP contribution in [0.5, 0.6) is 0 Å². The Kier molecular flexibility index (Phi) is 5.72. The number of hydrogen-bond donors (Lipinski definition) is 1. The number of nitrogens with zero attached hydrogens (tertiary/aromatic N) is 1. The van der Waals surface area contributed by atoms with Crippen molar-refractivity contribution < 1.29 is 14.3 Å². The first kappa shape index (κ1) is 18.9. The van der Waals surface area contributed by atoms with Gasteiger partial charge in [-0.2, -0.15) is 0 Å². The van der Waals surface area contributed by atoms with E-state index in [0.29, 0.717) is 33.7 Å². The minimum atomic E-state index is -0.895. The SMILES string of the molecule is CCNC(=O)[C@@H](C)OC(=O)c1cc(-c2ccccc2Cl)nc2ccccc12. The maximum Gasteiger partial charge on any atom is 0.339 e. The standard InChI is InChI=1S/C21H19ClN2O3/c1-3-23-20(25)13(2)27-21(26)16-12-19(15-9-4-6-10-17(15)22)24-18-11-7-5-8-14(16)18/h4-13H,3H2,1-2H3,(H,23,25)/t13-/m1/s1. The normalized spacial score (nSPS) is 11.8. The Labute approximate surface area is 162 Å². The Morgan fingerprint density at radius 1 is 1.15 bits per heavy atom. The van der Waals surface area contributed by atoms with Gasteiger partial charge in [-0.1, -0.05) is 48.0 Å². The van der Waals surface area contributed by atoms with Crippen LogP contribution < -0.4 is 5.32 Å². The van der Waals surface area contributed by atoms with Crippen LogP contribution in [-0.2, 0) is 9.53 Å². The van der Waals surface area contributed by atoms with Crippen LogP contribution in [-0.4, -0.2) is 29.5 Å². The number of benzene rings is 2. The Balaban J connectivity index is 2.05. The summed E-state index contributed by atoms with van der Waals surface area (Å²) in [6.07, 6.45) is -0.895. The first-order valence-electron chi connectivity index (χ1n) is 8.64. The fourth-order valence-electron chi connectivity index (χ4n) is 2.75. The molecule has 27 heavy (non-hydrogen) atoms. The number of likely N-dealkylation sites (N-methyl/N-ethyl adjacent to an activating group) is 1. The van der Waals surface area contributed by atoms with Gasteiger partial charge in [-0.05, 0) is 32.0 Å². The van der Waals surface area contributed by atoms with Crippen molar-refractivity contribution in [2.45, 2.75) is 20.0 Å². The third-order valence-electron chi connectivity index (χ3n) is 4.09. The van der Waals surface area contributed by atoms with Gasteiger partial charge in [0.2, 0.25) is 0 Å². The largest absolute Gasteiger partial charge is 0.449 e. The lowest BCUT2D eigenvalue weighted by Gasteiger charge is -2.14. The van der Waals surface area contributed by atoms with E-state index in [2.05, 4.69) is 10.3 Å². The van der Waals surface area contributed by atoms with E-state index in [4.69, 9.17) is 16.3 Å². The van der Waals surface area contributed by atoms with Crippen LogP contribution in [0.4, 0.5) is 0 Å². The van der Waals surface area contributed by atoms with Crippen molar-refractivity contribution in [1.82, 2.24) is 10.3 Å². The molecule has 0 unspecified atom stereocenters. The summed E-state index contributed by atoms with van der Waals surface area (Å²) in [4.78, 5) is 29.3. The molecule has 0 fully saturated rings. The summed E-state index contributed by atoms with van der Waals surface area (Å²) >= 11 is 6.29. The molecule has 1 amide bonds. The number of pyridine rings is 1. The van der Waals surface area contributed by atoms with Gasteiger partial charge in [0.15, 0.2) is 6.10 Å². The summed E-state index contributed by atoms with van der Waals surface area (Å²) in [5.41, 5.74) is 2.27. The monoisotopic (exact) mass is 382 g/mol. The van der Waals surface area contributed by atoms with E-state index in [1.165, 1.54) is 0 Å². The summed E-state index contributed by atoms with van der Waals surface area (Å²) in [6.45, 7) is 3.81. The molecule has 0 spiro atoms. The van der Waals surface area contributed by atoms with E-state index in [1.54, 1.807) is 32.0 Å². The average molecular weight is 383 g/mol. The molecule has 0 aliphatic rings. The predicted molar refractivity (Wildman–Crippen MR) is 106 cm³/mol. The third-order valence-corrected chi connectivity index (χ3v) is 4.42. The van der Waals surface area contributed by atoms with Crippen molar-refractivity contribution in [3.05, 3.63) is 65.2 Å². The number of hydrogen-bond acceptors (Lipinski definition) is 4. The Morgan fingerprint density at radius 3 is 2.59 bits per heavy atom.